The van der Waals surface area contributed by atoms with Crippen LogP contribution < -0.4 is 10.5 Å². The van der Waals surface area contributed by atoms with Crippen LogP contribution in [-0.2, 0) is 4.79 Å². The molecule has 1 aromatic rings. The zero-order valence-corrected chi connectivity index (χ0v) is 15.4. The molecule has 2 aliphatic rings. The highest BCUT2D eigenvalue weighted by atomic mass is 35.5. The van der Waals surface area contributed by atoms with E-state index >= 15 is 0 Å². The zero-order valence-electron chi connectivity index (χ0n) is 13.8. The van der Waals surface area contributed by atoms with Crippen LogP contribution >= 0.6 is 24.8 Å². The van der Waals surface area contributed by atoms with Gasteiger partial charge in [-0.15, -0.1) is 24.8 Å². The van der Waals surface area contributed by atoms with Gasteiger partial charge in [-0.05, 0) is 24.8 Å². The van der Waals surface area contributed by atoms with Gasteiger partial charge in [0.1, 0.15) is 6.10 Å². The Morgan fingerprint density at radius 2 is 1.96 bits per heavy atom. The first-order valence-electron chi connectivity index (χ1n) is 8.33. The molecule has 1 aliphatic heterocycles. The van der Waals surface area contributed by atoms with Crippen molar-refractivity contribution in [2.24, 2.45) is 11.7 Å². The molecule has 0 bridgehead atoms. The van der Waals surface area contributed by atoms with Crippen molar-refractivity contribution in [3.63, 3.8) is 0 Å². The van der Waals surface area contributed by atoms with E-state index in [1.807, 2.05) is 23.1 Å². The number of nitrogens with two attached hydrogens (primary N) is 1. The van der Waals surface area contributed by atoms with Crippen LogP contribution in [-0.4, -0.2) is 41.0 Å². The molecule has 0 radical (unpaired) electrons. The van der Waals surface area contributed by atoms with E-state index in [1.54, 1.807) is 6.20 Å². The molecule has 1 aromatic heterocycles. The lowest BCUT2D eigenvalue weighted by Gasteiger charge is -2.32. The molecule has 1 saturated carbocycles. The fourth-order valence-electron chi connectivity index (χ4n) is 3.48. The Kier molecular flexibility index (Phi) is 8.81. The number of carbonyl (C=O) groups excluding carboxylic acids is 1. The Hall–Kier alpha value is -1.04. The van der Waals surface area contributed by atoms with E-state index in [0.717, 1.165) is 38.8 Å². The van der Waals surface area contributed by atoms with Gasteiger partial charge in [0.05, 0.1) is 0 Å². The quantitative estimate of drug-likeness (QED) is 0.878. The third-order valence-corrected chi connectivity index (χ3v) is 4.87. The minimum absolute atomic E-state index is 0. The van der Waals surface area contributed by atoms with Crippen LogP contribution in [0.4, 0.5) is 0 Å². The number of hydrogen-bond acceptors (Lipinski definition) is 4. The summed E-state index contributed by atoms with van der Waals surface area (Å²) < 4.78 is 5.86. The number of aromatic nitrogens is 1. The first-order chi connectivity index (χ1) is 10.7. The molecule has 1 amide bonds. The van der Waals surface area contributed by atoms with E-state index in [2.05, 4.69) is 4.98 Å². The number of piperidine rings is 1. The minimum atomic E-state index is 0. The molecule has 1 saturated heterocycles. The van der Waals surface area contributed by atoms with Crippen molar-refractivity contribution < 1.29 is 9.53 Å². The predicted molar refractivity (Wildman–Crippen MR) is 98.9 cm³/mol. The summed E-state index contributed by atoms with van der Waals surface area (Å²) in [6.07, 6.45) is 7.60. The van der Waals surface area contributed by atoms with Crippen LogP contribution in [0.2, 0.25) is 0 Å². The van der Waals surface area contributed by atoms with Crippen LogP contribution in [0.1, 0.15) is 38.5 Å². The summed E-state index contributed by atoms with van der Waals surface area (Å²) >= 11 is 0. The summed E-state index contributed by atoms with van der Waals surface area (Å²) in [6.45, 7) is 1.55. The number of ether oxygens (including phenoxy) is 1. The summed E-state index contributed by atoms with van der Waals surface area (Å²) in [6, 6.07) is 5.89. The Bertz CT molecular complexity index is 496. The topological polar surface area (TPSA) is 68.5 Å². The van der Waals surface area contributed by atoms with Gasteiger partial charge in [0, 0.05) is 50.7 Å². The van der Waals surface area contributed by atoms with Crippen molar-refractivity contribution >= 4 is 30.7 Å². The Morgan fingerprint density at radius 1 is 1.21 bits per heavy atom. The number of nitrogens with zero attached hydrogens (tertiary/aromatic N) is 2. The van der Waals surface area contributed by atoms with Crippen molar-refractivity contribution in [1.82, 2.24) is 9.88 Å². The number of rotatable bonds is 4. The number of amides is 1. The maximum Gasteiger partial charge on any atom is 0.222 e. The van der Waals surface area contributed by atoms with E-state index in [0.29, 0.717) is 18.2 Å². The SMILES string of the molecule is Cl.Cl.N[C@@H]1CCC[C@H]1CC(=O)N1CCC(Oc2ccccn2)CC1. The highest BCUT2D eigenvalue weighted by Crippen LogP contribution is 2.28. The van der Waals surface area contributed by atoms with Crippen molar-refractivity contribution in [2.75, 3.05) is 13.1 Å². The van der Waals surface area contributed by atoms with Gasteiger partial charge in [-0.2, -0.15) is 0 Å². The number of carbonyl (C=O) groups is 1. The summed E-state index contributed by atoms with van der Waals surface area (Å²) in [5.74, 6) is 1.32. The summed E-state index contributed by atoms with van der Waals surface area (Å²) in [5, 5.41) is 0. The Morgan fingerprint density at radius 3 is 2.54 bits per heavy atom. The van der Waals surface area contributed by atoms with Crippen molar-refractivity contribution in [3.8, 4) is 5.88 Å². The largest absolute Gasteiger partial charge is 0.474 e. The lowest BCUT2D eigenvalue weighted by Crippen LogP contribution is -2.43. The van der Waals surface area contributed by atoms with Gasteiger partial charge in [0.2, 0.25) is 11.8 Å². The Balaban J connectivity index is 0.00000144. The molecule has 3 rings (SSSR count). The minimum Gasteiger partial charge on any atom is -0.474 e. The molecule has 1 aliphatic carbocycles. The van der Waals surface area contributed by atoms with E-state index in [1.165, 1.54) is 6.42 Å². The molecular weight excluding hydrogens is 349 g/mol. The van der Waals surface area contributed by atoms with Crippen molar-refractivity contribution in [1.29, 1.82) is 0 Å². The van der Waals surface area contributed by atoms with Crippen molar-refractivity contribution in [2.45, 2.75) is 50.7 Å². The molecule has 24 heavy (non-hydrogen) atoms. The molecule has 2 atom stereocenters. The molecule has 2 heterocycles. The standard InChI is InChI=1S/C17H25N3O2.2ClH/c18-15-5-3-4-13(15)12-17(21)20-10-7-14(8-11-20)22-16-6-1-2-9-19-16;;/h1-2,6,9,13-15H,3-5,7-8,10-12,18H2;2*1H/t13-,15+;;/m0../s1. The highest BCUT2D eigenvalue weighted by molar-refractivity contribution is 5.85. The highest BCUT2D eigenvalue weighted by Gasteiger charge is 2.30. The third kappa shape index (κ3) is 5.50. The van der Waals surface area contributed by atoms with Crippen LogP contribution in [0.15, 0.2) is 24.4 Å². The number of hydrogen-bond donors (Lipinski definition) is 1. The molecule has 136 valence electrons. The van der Waals surface area contributed by atoms with Gasteiger partial charge < -0.3 is 15.4 Å². The van der Waals surface area contributed by atoms with Crippen molar-refractivity contribution in [3.05, 3.63) is 24.4 Å². The molecule has 2 N–H and O–H groups in total. The molecule has 2 fully saturated rings. The van der Waals surface area contributed by atoms with Crippen LogP contribution in [0.3, 0.4) is 0 Å². The van der Waals surface area contributed by atoms with Gasteiger partial charge in [-0.25, -0.2) is 4.98 Å². The first-order valence-corrected chi connectivity index (χ1v) is 8.33. The monoisotopic (exact) mass is 375 g/mol. The van der Waals surface area contributed by atoms with Gasteiger partial charge in [-0.3, -0.25) is 4.79 Å². The first kappa shape index (κ1) is 21.0. The Labute approximate surface area is 156 Å². The molecule has 5 nitrogen and oxygen atoms in total. The van der Waals surface area contributed by atoms with E-state index in [4.69, 9.17) is 10.5 Å². The second-order valence-electron chi connectivity index (χ2n) is 6.42. The van der Waals surface area contributed by atoms with Gasteiger partial charge in [0.15, 0.2) is 0 Å². The predicted octanol–water partition coefficient (Wildman–Crippen LogP) is 2.81. The van der Waals surface area contributed by atoms with Gasteiger partial charge in [0.25, 0.3) is 0 Å². The molecular formula is C17H27Cl2N3O2. The average Bonchev–Trinajstić information content (AvgIpc) is 2.94. The maximum atomic E-state index is 12.4. The summed E-state index contributed by atoms with van der Waals surface area (Å²) in [5.41, 5.74) is 6.07. The fraction of sp³-hybridized carbons (Fsp3) is 0.647. The van der Waals surface area contributed by atoms with E-state index in [-0.39, 0.29) is 42.9 Å². The van der Waals surface area contributed by atoms with Gasteiger partial charge in [-0.1, -0.05) is 12.5 Å². The number of pyridine rings is 1. The molecule has 0 aromatic carbocycles. The molecule has 7 heteroatoms. The second kappa shape index (κ2) is 10.1. The lowest BCUT2D eigenvalue weighted by atomic mass is 9.98. The number of likely N-dealkylation sites (tertiary alicyclic amines) is 1. The van der Waals surface area contributed by atoms with Crippen LogP contribution in [0.5, 0.6) is 5.88 Å². The van der Waals surface area contributed by atoms with Crippen LogP contribution in [0, 0.1) is 5.92 Å². The van der Waals surface area contributed by atoms with Gasteiger partial charge >= 0.3 is 0 Å². The molecule has 0 unspecified atom stereocenters. The summed E-state index contributed by atoms with van der Waals surface area (Å²) in [4.78, 5) is 18.5. The fourth-order valence-corrected chi connectivity index (χ4v) is 3.48. The van der Waals surface area contributed by atoms with Crippen LogP contribution in [0.25, 0.3) is 0 Å². The van der Waals surface area contributed by atoms with E-state index in [9.17, 15) is 4.79 Å². The van der Waals surface area contributed by atoms with E-state index < -0.39 is 0 Å². The maximum absolute atomic E-state index is 12.4. The smallest absolute Gasteiger partial charge is 0.222 e. The molecule has 0 spiro atoms. The average molecular weight is 376 g/mol. The lowest BCUT2D eigenvalue weighted by molar-refractivity contribution is -0.134. The zero-order chi connectivity index (χ0) is 15.4. The second-order valence-corrected chi connectivity index (χ2v) is 6.42. The third-order valence-electron chi connectivity index (χ3n) is 4.87. The normalized spacial score (nSPS) is 24.0. The number of halogens is 2. The summed E-state index contributed by atoms with van der Waals surface area (Å²) in [7, 11) is 0.